The summed E-state index contributed by atoms with van der Waals surface area (Å²) in [5.41, 5.74) is 1.83. The number of fused-ring (bicyclic) bond motifs is 2. The van der Waals surface area contributed by atoms with Crippen molar-refractivity contribution in [1.82, 2.24) is 19.1 Å². The first-order chi connectivity index (χ1) is 11.1. The molecular weight excluding hydrogens is 380 g/mol. The van der Waals surface area contributed by atoms with Crippen LogP contribution in [0.15, 0.2) is 33.8 Å². The van der Waals surface area contributed by atoms with Crippen LogP contribution >= 0.6 is 27.5 Å². The van der Waals surface area contributed by atoms with Crippen molar-refractivity contribution in [2.75, 3.05) is 0 Å². The highest BCUT2D eigenvalue weighted by molar-refractivity contribution is 9.10. The first-order valence-corrected chi connectivity index (χ1v) is 8.74. The number of hydrogen-bond donors (Lipinski definition) is 0. The maximum Gasteiger partial charge on any atom is 0.281 e. The normalized spacial score (nSPS) is 14.7. The molecule has 0 saturated heterocycles. The number of imidazole rings is 1. The Morgan fingerprint density at radius 1 is 1.22 bits per heavy atom. The van der Waals surface area contributed by atoms with E-state index >= 15 is 0 Å². The number of halogens is 2. The lowest BCUT2D eigenvalue weighted by Crippen LogP contribution is -2.24. The van der Waals surface area contributed by atoms with Crippen molar-refractivity contribution in [2.45, 2.75) is 32.2 Å². The average molecular weight is 394 g/mol. The van der Waals surface area contributed by atoms with Gasteiger partial charge in [0.25, 0.3) is 5.56 Å². The van der Waals surface area contributed by atoms with Gasteiger partial charge in [0.1, 0.15) is 12.2 Å². The van der Waals surface area contributed by atoms with Gasteiger partial charge in [-0.2, -0.15) is 0 Å². The molecule has 0 unspecified atom stereocenters. The Kier molecular flexibility index (Phi) is 3.73. The molecule has 5 nitrogen and oxygen atoms in total. The van der Waals surface area contributed by atoms with Crippen LogP contribution in [0.4, 0.5) is 0 Å². The zero-order chi connectivity index (χ0) is 16.0. The Bertz CT molecular complexity index is 963. The molecule has 7 heteroatoms. The Labute approximate surface area is 146 Å². The summed E-state index contributed by atoms with van der Waals surface area (Å²) >= 11 is 9.53. The van der Waals surface area contributed by atoms with Crippen LogP contribution in [0.25, 0.3) is 16.9 Å². The van der Waals surface area contributed by atoms with Crippen LogP contribution in [0, 0.1) is 0 Å². The van der Waals surface area contributed by atoms with Crippen LogP contribution in [0.2, 0.25) is 5.02 Å². The predicted molar refractivity (Wildman–Crippen MR) is 93.4 cm³/mol. The van der Waals surface area contributed by atoms with Gasteiger partial charge in [0.15, 0.2) is 11.2 Å². The van der Waals surface area contributed by atoms with Crippen LogP contribution < -0.4 is 5.56 Å². The van der Waals surface area contributed by atoms with Gasteiger partial charge in [0.2, 0.25) is 0 Å². The fourth-order valence-electron chi connectivity index (χ4n) is 3.03. The highest BCUT2D eigenvalue weighted by atomic mass is 79.9. The van der Waals surface area contributed by atoms with Gasteiger partial charge in [-0.3, -0.25) is 13.9 Å². The number of aromatic nitrogens is 4. The molecule has 3 aromatic rings. The molecule has 1 aliphatic rings. The summed E-state index contributed by atoms with van der Waals surface area (Å²) in [6.45, 7) is 0.731. The Balaban J connectivity index is 1.98. The van der Waals surface area contributed by atoms with E-state index in [1.807, 2.05) is 22.8 Å². The number of hydrogen-bond acceptors (Lipinski definition) is 3. The first-order valence-electron chi connectivity index (χ1n) is 7.57. The van der Waals surface area contributed by atoms with Gasteiger partial charge in [-0.05, 0) is 47.0 Å². The van der Waals surface area contributed by atoms with Gasteiger partial charge >= 0.3 is 0 Å². The molecule has 0 fully saturated rings. The van der Waals surface area contributed by atoms with Gasteiger partial charge in [0, 0.05) is 22.5 Å². The van der Waals surface area contributed by atoms with E-state index in [0.29, 0.717) is 16.2 Å². The zero-order valence-electron chi connectivity index (χ0n) is 12.3. The second kappa shape index (κ2) is 5.76. The van der Waals surface area contributed by atoms with Crippen molar-refractivity contribution in [3.8, 4) is 5.69 Å². The second-order valence-corrected chi connectivity index (χ2v) is 6.97. The summed E-state index contributed by atoms with van der Waals surface area (Å²) in [5.74, 6) is 0.854. The van der Waals surface area contributed by atoms with E-state index in [9.17, 15) is 4.79 Å². The van der Waals surface area contributed by atoms with Crippen LogP contribution in [0.1, 0.15) is 25.1 Å². The lowest BCUT2D eigenvalue weighted by Gasteiger charge is -2.10. The van der Waals surface area contributed by atoms with Crippen molar-refractivity contribution in [3.05, 3.63) is 50.2 Å². The smallest absolute Gasteiger partial charge is 0.281 e. The lowest BCUT2D eigenvalue weighted by molar-refractivity contribution is 0.613. The monoisotopic (exact) mass is 392 g/mol. The van der Waals surface area contributed by atoms with Crippen molar-refractivity contribution >= 4 is 38.7 Å². The van der Waals surface area contributed by atoms with E-state index in [0.717, 1.165) is 48.2 Å². The van der Waals surface area contributed by atoms with E-state index in [1.165, 1.54) is 0 Å². The average Bonchev–Trinajstić information content (AvgIpc) is 2.78. The molecule has 0 aliphatic carbocycles. The van der Waals surface area contributed by atoms with E-state index < -0.39 is 0 Å². The summed E-state index contributed by atoms with van der Waals surface area (Å²) < 4.78 is 4.45. The fourth-order valence-corrected chi connectivity index (χ4v) is 3.91. The number of nitrogens with zero attached hydrogens (tertiary/aromatic N) is 4. The molecule has 0 amide bonds. The highest BCUT2D eigenvalue weighted by Crippen LogP contribution is 2.27. The molecule has 0 radical (unpaired) electrons. The largest absolute Gasteiger partial charge is 0.295 e. The van der Waals surface area contributed by atoms with Gasteiger partial charge in [-0.15, -0.1) is 0 Å². The standard InChI is InChI=1S/C16H14BrClN4O/c17-11-8-10(18)5-6-12(11)22-9-19-14-15(22)20-13-4-2-1-3-7-21(13)16(14)23/h5-6,8-9H,1-4,7H2. The Morgan fingerprint density at radius 2 is 2.09 bits per heavy atom. The van der Waals surface area contributed by atoms with E-state index in [-0.39, 0.29) is 5.56 Å². The molecule has 0 saturated carbocycles. The van der Waals surface area contributed by atoms with Crippen LogP contribution in [-0.4, -0.2) is 19.1 Å². The van der Waals surface area contributed by atoms with Gasteiger partial charge in [0.05, 0.1) is 5.69 Å². The molecule has 118 valence electrons. The number of rotatable bonds is 1. The van der Waals surface area contributed by atoms with Crippen molar-refractivity contribution in [2.24, 2.45) is 0 Å². The minimum Gasteiger partial charge on any atom is -0.295 e. The first kappa shape index (κ1) is 14.9. The fraction of sp³-hybridized carbons (Fsp3) is 0.312. The summed E-state index contributed by atoms with van der Waals surface area (Å²) in [4.78, 5) is 21.8. The highest BCUT2D eigenvalue weighted by Gasteiger charge is 2.18. The second-order valence-electron chi connectivity index (χ2n) is 5.68. The topological polar surface area (TPSA) is 52.7 Å². The van der Waals surface area contributed by atoms with Crippen molar-refractivity contribution in [3.63, 3.8) is 0 Å². The molecule has 0 spiro atoms. The molecular formula is C16H14BrClN4O. The SMILES string of the molecule is O=c1c2ncn(-c3ccc(Cl)cc3Br)c2nc2n1CCCCC2. The molecule has 0 atom stereocenters. The Morgan fingerprint density at radius 3 is 2.91 bits per heavy atom. The van der Waals surface area contributed by atoms with Gasteiger partial charge in [-0.1, -0.05) is 18.0 Å². The third-order valence-corrected chi connectivity index (χ3v) is 5.06. The summed E-state index contributed by atoms with van der Waals surface area (Å²) in [7, 11) is 0. The van der Waals surface area contributed by atoms with E-state index in [1.54, 1.807) is 10.9 Å². The number of benzene rings is 1. The Hall–Kier alpha value is -1.66. The maximum atomic E-state index is 12.7. The van der Waals surface area contributed by atoms with Gasteiger partial charge < -0.3 is 0 Å². The molecule has 3 heterocycles. The van der Waals surface area contributed by atoms with Crippen molar-refractivity contribution < 1.29 is 0 Å². The number of aryl methyl sites for hydroxylation is 1. The van der Waals surface area contributed by atoms with Crippen LogP contribution in [0.3, 0.4) is 0 Å². The molecule has 1 aliphatic heterocycles. The van der Waals surface area contributed by atoms with Crippen molar-refractivity contribution in [1.29, 1.82) is 0 Å². The molecule has 2 aromatic heterocycles. The zero-order valence-corrected chi connectivity index (χ0v) is 14.6. The van der Waals surface area contributed by atoms with E-state index in [2.05, 4.69) is 20.9 Å². The molecule has 0 N–H and O–H groups in total. The summed E-state index contributed by atoms with van der Waals surface area (Å²) in [6, 6.07) is 5.52. The molecule has 23 heavy (non-hydrogen) atoms. The minimum absolute atomic E-state index is 0.0456. The maximum absolute atomic E-state index is 12.7. The summed E-state index contributed by atoms with van der Waals surface area (Å²) in [6.07, 6.45) is 5.69. The van der Waals surface area contributed by atoms with Crippen LogP contribution in [-0.2, 0) is 13.0 Å². The quantitative estimate of drug-likeness (QED) is 0.633. The predicted octanol–water partition coefficient (Wildman–Crippen LogP) is 3.72. The third-order valence-electron chi connectivity index (χ3n) is 4.19. The molecule has 1 aromatic carbocycles. The minimum atomic E-state index is -0.0456. The molecule has 0 bridgehead atoms. The van der Waals surface area contributed by atoms with E-state index in [4.69, 9.17) is 16.6 Å². The lowest BCUT2D eigenvalue weighted by atomic mass is 10.2. The van der Waals surface area contributed by atoms with Crippen LogP contribution in [0.5, 0.6) is 0 Å². The third kappa shape index (κ3) is 2.50. The van der Waals surface area contributed by atoms with Gasteiger partial charge in [-0.25, -0.2) is 9.97 Å². The molecule has 4 rings (SSSR count). The summed E-state index contributed by atoms with van der Waals surface area (Å²) in [5, 5.41) is 0.645.